The second kappa shape index (κ2) is 10.9. The van der Waals surface area contributed by atoms with Gasteiger partial charge in [0.25, 0.3) is 0 Å². The normalized spacial score (nSPS) is 15.6. The maximum atomic E-state index is 12.8. The van der Waals surface area contributed by atoms with Gasteiger partial charge in [0.15, 0.2) is 0 Å². The topological polar surface area (TPSA) is 94.1 Å². The summed E-state index contributed by atoms with van der Waals surface area (Å²) in [7, 11) is 0. The average molecular weight is 446 g/mol. The number of carbonyl (C=O) groups is 2. The molecular weight excluding hydrogens is 414 g/mol. The van der Waals surface area contributed by atoms with Crippen LogP contribution in [0, 0.1) is 0 Å². The van der Waals surface area contributed by atoms with Crippen molar-refractivity contribution in [1.29, 1.82) is 0 Å². The predicted octanol–water partition coefficient (Wildman–Crippen LogP) is 3.42. The lowest BCUT2D eigenvalue weighted by Gasteiger charge is -2.24. The number of carbonyl (C=O) groups excluding carboxylic acids is 2. The molecule has 1 fully saturated rings. The third-order valence-electron chi connectivity index (χ3n) is 6.20. The van der Waals surface area contributed by atoms with E-state index < -0.39 is 0 Å². The number of aryl methyl sites for hydroxylation is 1. The zero-order valence-electron chi connectivity index (χ0n) is 18.9. The number of nitrogens with two attached hydrogens (primary N) is 1. The molecule has 1 atom stereocenters. The maximum Gasteiger partial charge on any atom is 0.223 e. The lowest BCUT2D eigenvalue weighted by Crippen LogP contribution is -2.38. The van der Waals surface area contributed by atoms with Crippen molar-refractivity contribution >= 4 is 17.4 Å². The van der Waals surface area contributed by atoms with Crippen LogP contribution in [0.3, 0.4) is 0 Å². The number of anilines is 1. The van der Waals surface area contributed by atoms with E-state index in [2.05, 4.69) is 22.4 Å². The van der Waals surface area contributed by atoms with Crippen LogP contribution in [-0.4, -0.2) is 44.2 Å². The summed E-state index contributed by atoms with van der Waals surface area (Å²) in [6, 6.07) is 17.9. The van der Waals surface area contributed by atoms with Gasteiger partial charge in [0.1, 0.15) is 5.78 Å². The quantitative estimate of drug-likeness (QED) is 0.483. The van der Waals surface area contributed by atoms with E-state index in [0.29, 0.717) is 31.5 Å². The molecule has 1 saturated heterocycles. The second-order valence-electron chi connectivity index (χ2n) is 8.76. The fraction of sp³-hybridized carbons (Fsp3) is 0.385. The van der Waals surface area contributed by atoms with Crippen molar-refractivity contribution in [2.24, 2.45) is 0 Å². The molecule has 3 aromatic rings. The van der Waals surface area contributed by atoms with Gasteiger partial charge in [-0.05, 0) is 42.5 Å². The predicted molar refractivity (Wildman–Crippen MR) is 127 cm³/mol. The van der Waals surface area contributed by atoms with E-state index in [9.17, 15) is 9.59 Å². The van der Waals surface area contributed by atoms with Crippen LogP contribution in [0.5, 0.6) is 0 Å². The molecular formula is C26H31N5O2. The van der Waals surface area contributed by atoms with Crippen molar-refractivity contribution < 1.29 is 9.59 Å². The highest BCUT2D eigenvalue weighted by Gasteiger charge is 2.29. The molecule has 4 rings (SSSR count). The van der Waals surface area contributed by atoms with Gasteiger partial charge < -0.3 is 10.6 Å². The summed E-state index contributed by atoms with van der Waals surface area (Å²) >= 11 is 0. The third-order valence-corrected chi connectivity index (χ3v) is 6.20. The monoisotopic (exact) mass is 445 g/mol. The van der Waals surface area contributed by atoms with Gasteiger partial charge in [-0.15, -0.1) is 5.10 Å². The van der Waals surface area contributed by atoms with E-state index in [1.165, 1.54) is 5.56 Å². The van der Waals surface area contributed by atoms with Gasteiger partial charge in [0.05, 0.1) is 18.3 Å². The van der Waals surface area contributed by atoms with Gasteiger partial charge in [0.2, 0.25) is 5.91 Å². The fourth-order valence-corrected chi connectivity index (χ4v) is 4.37. The molecule has 1 amide bonds. The Balaban J connectivity index is 1.23. The summed E-state index contributed by atoms with van der Waals surface area (Å²) in [4.78, 5) is 27.1. The number of amides is 1. The van der Waals surface area contributed by atoms with E-state index in [0.717, 1.165) is 37.1 Å². The molecule has 0 radical (unpaired) electrons. The highest BCUT2D eigenvalue weighted by molar-refractivity contribution is 5.85. The van der Waals surface area contributed by atoms with Crippen molar-refractivity contribution in [1.82, 2.24) is 19.9 Å². The smallest absolute Gasteiger partial charge is 0.223 e. The summed E-state index contributed by atoms with van der Waals surface area (Å²) in [5, 5.41) is 8.56. The molecule has 172 valence electrons. The van der Waals surface area contributed by atoms with Crippen LogP contribution in [0.25, 0.3) is 0 Å². The number of nitrogen functional groups attached to an aromatic ring is 1. The zero-order valence-corrected chi connectivity index (χ0v) is 18.9. The van der Waals surface area contributed by atoms with Crippen LogP contribution in [0.15, 0.2) is 60.8 Å². The summed E-state index contributed by atoms with van der Waals surface area (Å²) in [5.74, 6) is 0.181. The average Bonchev–Trinajstić information content (AvgIpc) is 3.47. The Morgan fingerprint density at radius 2 is 1.76 bits per heavy atom. The minimum absolute atomic E-state index is 0.0583. The van der Waals surface area contributed by atoms with Gasteiger partial charge in [-0.1, -0.05) is 47.7 Å². The number of aromatic nitrogens is 3. The van der Waals surface area contributed by atoms with Gasteiger partial charge in [-0.3, -0.25) is 14.3 Å². The van der Waals surface area contributed by atoms with Gasteiger partial charge in [0, 0.05) is 44.1 Å². The number of benzene rings is 2. The molecule has 2 N–H and O–H groups in total. The second-order valence-corrected chi connectivity index (χ2v) is 8.76. The first kappa shape index (κ1) is 22.7. The molecule has 0 spiro atoms. The summed E-state index contributed by atoms with van der Waals surface area (Å²) in [5.41, 5.74) is 9.62. The molecule has 1 aromatic heterocycles. The molecule has 7 heteroatoms. The van der Waals surface area contributed by atoms with Crippen LogP contribution >= 0.6 is 0 Å². The molecule has 1 aliphatic rings. The molecule has 0 aliphatic carbocycles. The number of ketones is 1. The Kier molecular flexibility index (Phi) is 7.50. The summed E-state index contributed by atoms with van der Waals surface area (Å²) < 4.78 is 1.84. The lowest BCUT2D eigenvalue weighted by molar-refractivity contribution is -0.134. The summed E-state index contributed by atoms with van der Waals surface area (Å²) in [6.45, 7) is 1.38. The van der Waals surface area contributed by atoms with Crippen molar-refractivity contribution in [3.63, 3.8) is 0 Å². The SMILES string of the molecule is Nc1ccc(CCC(=O)CCC(=O)N2CCCC2Cn2cc(Cc3ccccc3)nn2)cc1. The molecule has 1 unspecified atom stereocenters. The molecule has 0 saturated carbocycles. The number of Topliss-reactive ketones (excluding diaryl/α,β-unsaturated/α-hetero) is 1. The molecule has 0 bridgehead atoms. The number of likely N-dealkylation sites (tertiary alicyclic amines) is 1. The maximum absolute atomic E-state index is 12.8. The highest BCUT2D eigenvalue weighted by Crippen LogP contribution is 2.21. The molecule has 7 nitrogen and oxygen atoms in total. The minimum Gasteiger partial charge on any atom is -0.399 e. The Morgan fingerprint density at radius 1 is 0.970 bits per heavy atom. The lowest BCUT2D eigenvalue weighted by atomic mass is 10.0. The van der Waals surface area contributed by atoms with E-state index in [1.807, 2.05) is 58.2 Å². The van der Waals surface area contributed by atoms with Crippen molar-refractivity contribution in [2.45, 2.75) is 57.5 Å². The van der Waals surface area contributed by atoms with Crippen molar-refractivity contribution in [2.75, 3.05) is 12.3 Å². The zero-order chi connectivity index (χ0) is 23.0. The standard InChI is InChI=1S/C26H31N5O2/c27-22-11-8-20(9-12-22)10-13-25(32)14-15-26(33)31-16-4-7-24(31)19-30-18-23(28-29-30)17-21-5-2-1-3-6-21/h1-3,5-6,8-9,11-12,18,24H,4,7,10,13-17,19,27H2. The first-order chi connectivity index (χ1) is 16.1. The molecule has 2 aromatic carbocycles. The van der Waals surface area contributed by atoms with Crippen LogP contribution in [0.4, 0.5) is 5.69 Å². The third kappa shape index (κ3) is 6.51. The van der Waals surface area contributed by atoms with Crippen molar-refractivity contribution in [3.05, 3.63) is 77.6 Å². The van der Waals surface area contributed by atoms with E-state index >= 15 is 0 Å². The Bertz CT molecular complexity index is 1060. The summed E-state index contributed by atoms with van der Waals surface area (Å²) in [6.07, 6.45) is 6.33. The van der Waals surface area contributed by atoms with Gasteiger partial charge in [-0.2, -0.15) is 0 Å². The number of nitrogens with zero attached hydrogens (tertiary/aromatic N) is 4. The number of hydrogen-bond acceptors (Lipinski definition) is 5. The van der Waals surface area contributed by atoms with Gasteiger partial charge in [-0.25, -0.2) is 0 Å². The van der Waals surface area contributed by atoms with Crippen LogP contribution in [-0.2, 0) is 29.0 Å². The highest BCUT2D eigenvalue weighted by atomic mass is 16.2. The van der Waals surface area contributed by atoms with Crippen LogP contribution in [0.2, 0.25) is 0 Å². The Morgan fingerprint density at radius 3 is 2.55 bits per heavy atom. The van der Waals surface area contributed by atoms with Crippen molar-refractivity contribution in [3.8, 4) is 0 Å². The minimum atomic E-state index is 0.0583. The largest absolute Gasteiger partial charge is 0.399 e. The number of hydrogen-bond donors (Lipinski definition) is 1. The van der Waals surface area contributed by atoms with Crippen LogP contribution < -0.4 is 5.73 Å². The van der Waals surface area contributed by atoms with E-state index in [4.69, 9.17) is 5.73 Å². The van der Waals surface area contributed by atoms with E-state index in [1.54, 1.807) is 0 Å². The fourth-order valence-electron chi connectivity index (χ4n) is 4.37. The Hall–Kier alpha value is -3.48. The first-order valence-corrected chi connectivity index (χ1v) is 11.7. The molecule has 2 heterocycles. The Labute approximate surface area is 194 Å². The van der Waals surface area contributed by atoms with E-state index in [-0.39, 0.29) is 24.2 Å². The first-order valence-electron chi connectivity index (χ1n) is 11.7. The molecule has 33 heavy (non-hydrogen) atoms. The van der Waals surface area contributed by atoms with Gasteiger partial charge >= 0.3 is 0 Å². The number of rotatable bonds is 10. The molecule has 1 aliphatic heterocycles. The van der Waals surface area contributed by atoms with Crippen LogP contribution in [0.1, 0.15) is 48.9 Å².